The number of hydrogen-bond donors (Lipinski definition) is 0. The molecule has 0 spiro atoms. The van der Waals surface area contributed by atoms with Crippen molar-refractivity contribution in [3.63, 3.8) is 0 Å². The molecule has 0 saturated carbocycles. The Balaban J connectivity index is 2.23. The summed E-state index contributed by atoms with van der Waals surface area (Å²) in [5.74, 6) is 2.19. The quantitative estimate of drug-likeness (QED) is 0.845. The van der Waals surface area contributed by atoms with Crippen molar-refractivity contribution in [2.45, 2.75) is 20.3 Å². The van der Waals surface area contributed by atoms with Crippen LogP contribution in [0.1, 0.15) is 19.4 Å². The summed E-state index contributed by atoms with van der Waals surface area (Å²) in [5, 5.41) is 0.768. The Hall–Kier alpha value is -2.50. The number of pyridine rings is 1. The van der Waals surface area contributed by atoms with Crippen LogP contribution in [0.4, 0.5) is 0 Å². The van der Waals surface area contributed by atoms with Gasteiger partial charge in [-0.3, -0.25) is 4.79 Å². The molecule has 0 atom stereocenters. The van der Waals surface area contributed by atoms with E-state index < -0.39 is 0 Å². The van der Waals surface area contributed by atoms with Gasteiger partial charge in [-0.15, -0.1) is 0 Å². The highest BCUT2D eigenvalue weighted by Gasteiger charge is 2.25. The van der Waals surface area contributed by atoms with Gasteiger partial charge >= 0.3 is 0 Å². The van der Waals surface area contributed by atoms with E-state index in [2.05, 4.69) is 4.98 Å². The van der Waals surface area contributed by atoms with Crippen LogP contribution >= 0.6 is 0 Å². The van der Waals surface area contributed by atoms with Crippen LogP contribution in [-0.4, -0.2) is 31.8 Å². The van der Waals surface area contributed by atoms with Crippen LogP contribution in [0.2, 0.25) is 0 Å². The summed E-state index contributed by atoms with van der Waals surface area (Å²) >= 11 is 0. The molecule has 1 aliphatic heterocycles. The zero-order valence-electron chi connectivity index (χ0n) is 13.6. The second kappa shape index (κ2) is 5.95. The maximum atomic E-state index is 12.2. The van der Waals surface area contributed by atoms with Crippen molar-refractivity contribution in [1.82, 2.24) is 4.98 Å². The summed E-state index contributed by atoms with van der Waals surface area (Å²) in [6.45, 7) is 3.90. The smallest absolute Gasteiger partial charge is 0.231 e. The van der Waals surface area contributed by atoms with Crippen molar-refractivity contribution < 1.29 is 23.7 Å². The minimum Gasteiger partial charge on any atom is -0.496 e. The molecule has 1 aromatic carbocycles. The Kier molecular flexibility index (Phi) is 3.98. The fraction of sp³-hybridized carbons (Fsp3) is 0.412. The lowest BCUT2D eigenvalue weighted by Gasteiger charge is -2.16. The number of carbonyl (C=O) groups is 1. The number of aromatic nitrogens is 1. The molecule has 0 amide bonds. The van der Waals surface area contributed by atoms with Gasteiger partial charge in [0.05, 0.1) is 19.8 Å². The summed E-state index contributed by atoms with van der Waals surface area (Å²) in [4.78, 5) is 16.7. The van der Waals surface area contributed by atoms with Crippen molar-refractivity contribution in [2.75, 3.05) is 21.0 Å². The molecular formula is C17H19NO5. The monoisotopic (exact) mass is 317 g/mol. The summed E-state index contributed by atoms with van der Waals surface area (Å²) in [6.07, 6.45) is 0.210. The molecule has 0 fully saturated rings. The van der Waals surface area contributed by atoms with E-state index in [-0.39, 0.29) is 24.9 Å². The van der Waals surface area contributed by atoms with Gasteiger partial charge in [0.1, 0.15) is 17.0 Å². The Bertz CT molecular complexity index is 769. The van der Waals surface area contributed by atoms with Gasteiger partial charge in [0, 0.05) is 17.7 Å². The van der Waals surface area contributed by atoms with E-state index in [9.17, 15) is 4.79 Å². The first kappa shape index (κ1) is 15.4. The lowest BCUT2D eigenvalue weighted by molar-refractivity contribution is -0.121. The molecule has 0 saturated heterocycles. The SMILES string of the molecule is COc1nc2c3c(ccc2c(OC)c1CC(=O)C(C)C)OCO3. The first-order valence-electron chi connectivity index (χ1n) is 7.42. The minimum absolute atomic E-state index is 0.0723. The second-order valence-corrected chi connectivity index (χ2v) is 5.63. The number of ketones is 1. The van der Waals surface area contributed by atoms with Crippen LogP contribution in [-0.2, 0) is 11.2 Å². The molecule has 0 radical (unpaired) electrons. The van der Waals surface area contributed by atoms with Crippen LogP contribution in [0.3, 0.4) is 0 Å². The van der Waals surface area contributed by atoms with E-state index >= 15 is 0 Å². The predicted octanol–water partition coefficient (Wildman–Crippen LogP) is 2.75. The molecule has 6 heteroatoms. The normalized spacial score (nSPS) is 12.7. The van der Waals surface area contributed by atoms with Crippen molar-refractivity contribution in [2.24, 2.45) is 5.92 Å². The zero-order chi connectivity index (χ0) is 16.6. The standard InChI is InChI=1S/C17H19NO5/c1-9(2)12(19)7-11-15(20-3)10-5-6-13-16(23-8-22-13)14(10)18-17(11)21-4/h5-6,9H,7-8H2,1-4H3. The largest absolute Gasteiger partial charge is 0.496 e. The number of benzene rings is 1. The Morgan fingerprint density at radius 1 is 1.26 bits per heavy atom. The third-order valence-corrected chi connectivity index (χ3v) is 3.90. The average molecular weight is 317 g/mol. The van der Waals surface area contributed by atoms with Crippen LogP contribution in [0.5, 0.6) is 23.1 Å². The summed E-state index contributed by atoms with van der Waals surface area (Å²) in [6, 6.07) is 3.67. The van der Waals surface area contributed by atoms with E-state index in [0.29, 0.717) is 34.2 Å². The zero-order valence-corrected chi connectivity index (χ0v) is 13.6. The molecule has 0 unspecified atom stereocenters. The molecule has 2 aromatic rings. The molecule has 0 aliphatic carbocycles. The van der Waals surface area contributed by atoms with Crippen LogP contribution in [0, 0.1) is 5.92 Å². The van der Waals surface area contributed by atoms with Gasteiger partial charge in [-0.1, -0.05) is 13.8 Å². The van der Waals surface area contributed by atoms with Crippen molar-refractivity contribution in [3.8, 4) is 23.1 Å². The van der Waals surface area contributed by atoms with Crippen molar-refractivity contribution in [1.29, 1.82) is 0 Å². The van der Waals surface area contributed by atoms with Gasteiger partial charge in [-0.25, -0.2) is 4.98 Å². The van der Waals surface area contributed by atoms with Crippen LogP contribution in [0.15, 0.2) is 12.1 Å². The first-order chi connectivity index (χ1) is 11.1. The molecule has 1 aromatic heterocycles. The highest BCUT2D eigenvalue weighted by molar-refractivity contribution is 5.95. The highest BCUT2D eigenvalue weighted by atomic mass is 16.7. The van der Waals surface area contributed by atoms with E-state index in [1.54, 1.807) is 7.11 Å². The summed E-state index contributed by atoms with van der Waals surface area (Å²) < 4.78 is 21.9. The predicted molar refractivity (Wildman–Crippen MR) is 84.5 cm³/mol. The molecular weight excluding hydrogens is 298 g/mol. The number of rotatable bonds is 5. The molecule has 23 heavy (non-hydrogen) atoms. The molecule has 0 N–H and O–H groups in total. The van der Waals surface area contributed by atoms with E-state index in [4.69, 9.17) is 18.9 Å². The van der Waals surface area contributed by atoms with Gasteiger partial charge in [0.25, 0.3) is 0 Å². The molecule has 122 valence electrons. The number of Topliss-reactive ketones (excluding diaryl/α,β-unsaturated/α-hetero) is 1. The third kappa shape index (κ3) is 2.54. The minimum atomic E-state index is -0.0723. The Morgan fingerprint density at radius 2 is 2.04 bits per heavy atom. The van der Waals surface area contributed by atoms with Crippen LogP contribution in [0.25, 0.3) is 10.9 Å². The lowest BCUT2D eigenvalue weighted by Crippen LogP contribution is -2.13. The van der Waals surface area contributed by atoms with Gasteiger partial charge in [-0.05, 0) is 12.1 Å². The number of hydrogen-bond acceptors (Lipinski definition) is 6. The number of ether oxygens (including phenoxy) is 4. The average Bonchev–Trinajstić information content (AvgIpc) is 3.02. The second-order valence-electron chi connectivity index (χ2n) is 5.63. The topological polar surface area (TPSA) is 66.9 Å². The highest BCUT2D eigenvalue weighted by Crippen LogP contribution is 2.44. The molecule has 1 aliphatic rings. The van der Waals surface area contributed by atoms with E-state index in [1.165, 1.54) is 7.11 Å². The van der Waals surface area contributed by atoms with Gasteiger partial charge < -0.3 is 18.9 Å². The number of nitrogens with zero attached hydrogens (tertiary/aromatic N) is 1. The first-order valence-corrected chi connectivity index (χ1v) is 7.42. The number of fused-ring (bicyclic) bond motifs is 3. The molecule has 0 bridgehead atoms. The lowest BCUT2D eigenvalue weighted by atomic mass is 9.99. The molecule has 3 rings (SSSR count). The fourth-order valence-electron chi connectivity index (χ4n) is 2.62. The number of methoxy groups -OCH3 is 2. The van der Waals surface area contributed by atoms with Gasteiger partial charge in [-0.2, -0.15) is 0 Å². The van der Waals surface area contributed by atoms with Gasteiger partial charge in [0.15, 0.2) is 11.5 Å². The maximum Gasteiger partial charge on any atom is 0.231 e. The molecule has 2 heterocycles. The van der Waals surface area contributed by atoms with Crippen molar-refractivity contribution >= 4 is 16.7 Å². The summed E-state index contributed by atoms with van der Waals surface area (Å²) in [7, 11) is 3.10. The van der Waals surface area contributed by atoms with E-state index in [0.717, 1.165) is 5.39 Å². The Labute approximate surface area is 134 Å². The third-order valence-electron chi connectivity index (χ3n) is 3.90. The van der Waals surface area contributed by atoms with Gasteiger partial charge in [0.2, 0.25) is 12.7 Å². The maximum absolute atomic E-state index is 12.2. The van der Waals surface area contributed by atoms with E-state index in [1.807, 2.05) is 26.0 Å². The number of carbonyl (C=O) groups excluding carboxylic acids is 1. The summed E-state index contributed by atoms with van der Waals surface area (Å²) in [5.41, 5.74) is 1.26. The van der Waals surface area contributed by atoms with Crippen molar-refractivity contribution in [3.05, 3.63) is 17.7 Å². The molecule has 6 nitrogen and oxygen atoms in total. The fourth-order valence-corrected chi connectivity index (χ4v) is 2.62. The Morgan fingerprint density at radius 3 is 2.70 bits per heavy atom. The van der Waals surface area contributed by atoms with Crippen LogP contribution < -0.4 is 18.9 Å².